The highest BCUT2D eigenvalue weighted by Crippen LogP contribution is 2.32. The van der Waals surface area contributed by atoms with E-state index in [9.17, 15) is 34.7 Å². The molecule has 0 aromatic heterocycles. The Morgan fingerprint density at radius 1 is 1.11 bits per heavy atom. The smallest absolute Gasteiger partial charge is 0.336 e. The number of ether oxygens (including phenoxy) is 2. The van der Waals surface area contributed by atoms with Gasteiger partial charge < -0.3 is 34.7 Å². The van der Waals surface area contributed by atoms with Crippen LogP contribution >= 0.6 is 0 Å². The van der Waals surface area contributed by atoms with Gasteiger partial charge in [-0.25, -0.2) is 9.59 Å². The average Bonchev–Trinajstić information content (AvgIpc) is 2.87. The summed E-state index contributed by atoms with van der Waals surface area (Å²) in [5.74, 6) is -1.99. The molecule has 1 unspecified atom stereocenters. The number of nitrogens with one attached hydrogen (secondary N) is 1. The number of rotatable bonds is 13. The lowest BCUT2D eigenvalue weighted by molar-refractivity contribution is -0.384. The molecule has 2 N–H and O–H groups in total. The number of carboxylic acid groups (broad SMARTS) is 1. The van der Waals surface area contributed by atoms with Crippen LogP contribution in [0, 0.1) is 16.0 Å². The molecule has 0 aliphatic rings. The number of urea groups is 1. The van der Waals surface area contributed by atoms with Crippen molar-refractivity contribution in [3.63, 3.8) is 0 Å². The van der Waals surface area contributed by atoms with Gasteiger partial charge in [-0.1, -0.05) is 32.0 Å². The highest BCUT2D eigenvalue weighted by Gasteiger charge is 2.26. The molecule has 0 bridgehead atoms. The number of carbonyl (C=O) groups is 3. The number of nitro groups is 1. The monoisotopic (exact) mass is 530 g/mol. The van der Waals surface area contributed by atoms with Gasteiger partial charge in [0.05, 0.1) is 42.8 Å². The molecule has 2 amide bonds. The highest BCUT2D eigenvalue weighted by atomic mass is 16.6. The summed E-state index contributed by atoms with van der Waals surface area (Å²) < 4.78 is 9.87. The maximum Gasteiger partial charge on any atom is 0.336 e. The molecule has 12 heteroatoms. The van der Waals surface area contributed by atoms with Gasteiger partial charge in [-0.2, -0.15) is 0 Å². The summed E-state index contributed by atoms with van der Waals surface area (Å²) in [5, 5.41) is 36.1. The molecule has 0 saturated carbocycles. The van der Waals surface area contributed by atoms with Gasteiger partial charge in [-0.15, -0.1) is 0 Å². The fourth-order valence-corrected chi connectivity index (χ4v) is 3.74. The first-order valence-corrected chi connectivity index (χ1v) is 12.0. The maximum absolute atomic E-state index is 12.9. The van der Waals surface area contributed by atoms with Gasteiger partial charge in [0, 0.05) is 12.6 Å². The number of benzene rings is 2. The van der Waals surface area contributed by atoms with Crippen molar-refractivity contribution in [3.8, 4) is 16.9 Å². The molecule has 38 heavy (non-hydrogen) atoms. The summed E-state index contributed by atoms with van der Waals surface area (Å²) in [7, 11) is 1.50. The second-order valence-electron chi connectivity index (χ2n) is 8.93. The van der Waals surface area contributed by atoms with E-state index in [0.717, 1.165) is 4.90 Å². The van der Waals surface area contributed by atoms with E-state index < -0.39 is 41.6 Å². The Morgan fingerprint density at radius 2 is 1.76 bits per heavy atom. The van der Waals surface area contributed by atoms with E-state index in [1.54, 1.807) is 45.0 Å². The van der Waals surface area contributed by atoms with Gasteiger partial charge in [0.25, 0.3) is 5.69 Å². The molecule has 0 radical (unpaired) electrons. The molecule has 2 aromatic carbocycles. The zero-order valence-electron chi connectivity index (χ0n) is 21.7. The lowest BCUT2D eigenvalue weighted by Gasteiger charge is -2.29. The van der Waals surface area contributed by atoms with Crippen molar-refractivity contribution < 1.29 is 39.0 Å². The summed E-state index contributed by atoms with van der Waals surface area (Å²) in [4.78, 5) is 48.9. The van der Waals surface area contributed by atoms with Crippen molar-refractivity contribution in [1.29, 1.82) is 0 Å². The van der Waals surface area contributed by atoms with E-state index in [-0.39, 0.29) is 36.7 Å². The summed E-state index contributed by atoms with van der Waals surface area (Å²) in [6, 6.07) is 8.56. The van der Waals surface area contributed by atoms with Crippen molar-refractivity contribution in [2.24, 2.45) is 5.92 Å². The van der Waals surface area contributed by atoms with Gasteiger partial charge in [0.1, 0.15) is 5.75 Å². The predicted molar refractivity (Wildman–Crippen MR) is 135 cm³/mol. The summed E-state index contributed by atoms with van der Waals surface area (Å²) in [5.41, 5.74) is 0.935. The van der Waals surface area contributed by atoms with Crippen molar-refractivity contribution in [2.75, 3.05) is 26.8 Å². The first kappa shape index (κ1) is 30.0. The molecule has 0 aliphatic carbocycles. The third-order valence-corrected chi connectivity index (χ3v) is 5.51. The minimum Gasteiger partial charge on any atom is -0.548 e. The maximum atomic E-state index is 12.9. The van der Waals surface area contributed by atoms with Crippen LogP contribution in [0.1, 0.15) is 26.3 Å². The minimum absolute atomic E-state index is 0.0441. The molecule has 12 nitrogen and oxygen atoms in total. The fourth-order valence-electron chi connectivity index (χ4n) is 3.74. The largest absolute Gasteiger partial charge is 0.548 e. The average molecular weight is 531 g/mol. The van der Waals surface area contributed by atoms with E-state index in [4.69, 9.17) is 9.47 Å². The molecule has 206 valence electrons. The number of carbonyl (C=O) groups excluding carboxylic acids is 3. The van der Waals surface area contributed by atoms with Crippen molar-refractivity contribution >= 4 is 23.7 Å². The Balaban J connectivity index is 2.25. The van der Waals surface area contributed by atoms with Gasteiger partial charge in [-0.05, 0) is 48.6 Å². The van der Waals surface area contributed by atoms with Gasteiger partial charge >= 0.3 is 12.0 Å². The van der Waals surface area contributed by atoms with Crippen LogP contribution in [0.15, 0.2) is 42.5 Å². The third kappa shape index (κ3) is 8.44. The topological polar surface area (TPSA) is 171 Å². The Kier molecular flexibility index (Phi) is 11.0. The van der Waals surface area contributed by atoms with Crippen LogP contribution in [0.3, 0.4) is 0 Å². The number of carboxylic acids is 1. The molecule has 0 aliphatic heterocycles. The number of esters is 1. The molecule has 0 heterocycles. The van der Waals surface area contributed by atoms with Crippen LogP contribution in [0.2, 0.25) is 0 Å². The zero-order chi connectivity index (χ0) is 28.4. The number of nitro benzene ring substituents is 1. The summed E-state index contributed by atoms with van der Waals surface area (Å²) in [6.45, 7) is 4.92. The first-order valence-electron chi connectivity index (χ1n) is 12.0. The number of aliphatic hydroxyl groups is 1. The number of hydrogen-bond acceptors (Lipinski definition) is 9. The Labute approximate surface area is 220 Å². The van der Waals surface area contributed by atoms with Crippen molar-refractivity contribution in [2.45, 2.75) is 39.3 Å². The van der Waals surface area contributed by atoms with Crippen LogP contribution in [0.25, 0.3) is 11.1 Å². The van der Waals surface area contributed by atoms with Crippen LogP contribution < -0.4 is 15.2 Å². The number of methoxy groups -OCH3 is 1. The normalized spacial score (nSPS) is 12.4. The van der Waals surface area contributed by atoms with E-state index in [2.05, 4.69) is 5.32 Å². The summed E-state index contributed by atoms with van der Waals surface area (Å²) >= 11 is 0. The predicted octanol–water partition coefficient (Wildman–Crippen LogP) is 1.52. The second-order valence-corrected chi connectivity index (χ2v) is 8.93. The quantitative estimate of drug-likeness (QED) is 0.221. The number of nitrogens with zero attached hydrogens (tertiary/aromatic N) is 2. The van der Waals surface area contributed by atoms with E-state index in [1.165, 1.54) is 25.3 Å². The number of aliphatic carboxylic acids is 1. The molecule has 0 spiro atoms. The molecule has 2 aromatic rings. The molecular weight excluding hydrogens is 498 g/mol. The number of hydrogen-bond donors (Lipinski definition) is 2. The molecule has 0 fully saturated rings. The molecular formula is C26H32N3O9-. The standard InChI is InChI=1S/C26H33N3O9/c1-5-38-25(33)23(30)15-28(14-16(2)3)26(34)27-21(24(31)32)12-17-6-11-20(22(13-17)29(35)36)18-7-9-19(37-4)10-8-18/h6-11,13,16,21,23,30H,5,12,14-15H2,1-4H3,(H,27,34)(H,31,32)/p-1/t21-,23?/m0/s1. The molecule has 2 atom stereocenters. The van der Waals surface area contributed by atoms with E-state index in [0.29, 0.717) is 16.9 Å². The van der Waals surface area contributed by atoms with Crippen LogP contribution in [0.5, 0.6) is 5.75 Å². The van der Waals surface area contributed by atoms with Gasteiger partial charge in [-0.3, -0.25) is 10.1 Å². The fraction of sp³-hybridized carbons (Fsp3) is 0.423. The Hall–Kier alpha value is -4.19. The zero-order valence-corrected chi connectivity index (χ0v) is 21.7. The first-order chi connectivity index (χ1) is 18.0. The summed E-state index contributed by atoms with van der Waals surface area (Å²) in [6.07, 6.45) is -1.91. The SMILES string of the molecule is CCOC(=O)C(O)CN(CC(C)C)C(=O)N[C@@H](Cc1ccc(-c2ccc(OC)cc2)c([N+](=O)[O-])c1)C(=O)[O-]. The lowest BCUT2D eigenvalue weighted by Crippen LogP contribution is -2.55. The second kappa shape index (κ2) is 13.9. The number of amides is 2. The van der Waals surface area contributed by atoms with Gasteiger partial charge in [0.2, 0.25) is 0 Å². The van der Waals surface area contributed by atoms with Gasteiger partial charge in [0.15, 0.2) is 6.10 Å². The highest BCUT2D eigenvalue weighted by molar-refractivity contribution is 5.83. The molecule has 0 saturated heterocycles. The third-order valence-electron chi connectivity index (χ3n) is 5.51. The van der Waals surface area contributed by atoms with E-state index >= 15 is 0 Å². The van der Waals surface area contributed by atoms with Crippen LogP contribution in [-0.2, 0) is 20.7 Å². The number of aliphatic hydroxyl groups excluding tert-OH is 1. The lowest BCUT2D eigenvalue weighted by atomic mass is 9.98. The van der Waals surface area contributed by atoms with Crippen molar-refractivity contribution in [1.82, 2.24) is 10.2 Å². The Bertz CT molecular complexity index is 1140. The van der Waals surface area contributed by atoms with Crippen LogP contribution in [0.4, 0.5) is 10.5 Å². The molecule has 2 rings (SSSR count). The minimum atomic E-state index is -1.62. The van der Waals surface area contributed by atoms with Crippen LogP contribution in [-0.4, -0.2) is 71.9 Å². The Morgan fingerprint density at radius 3 is 2.29 bits per heavy atom. The van der Waals surface area contributed by atoms with E-state index in [1.807, 2.05) is 0 Å². The van der Waals surface area contributed by atoms with Crippen molar-refractivity contribution in [3.05, 3.63) is 58.1 Å².